The van der Waals surface area contributed by atoms with Gasteiger partial charge >= 0.3 is 0 Å². The van der Waals surface area contributed by atoms with E-state index in [1.54, 1.807) is 11.0 Å². The monoisotopic (exact) mass is 339 g/mol. The predicted octanol–water partition coefficient (Wildman–Crippen LogP) is 3.51. The van der Waals surface area contributed by atoms with Gasteiger partial charge in [-0.25, -0.2) is 8.78 Å². The molecule has 0 saturated carbocycles. The number of carbonyl (C=O) groups is 1. The van der Waals surface area contributed by atoms with Gasteiger partial charge in [0, 0.05) is 35.6 Å². The molecule has 0 spiro atoms. The number of para-hydroxylation sites is 1. The molecule has 4 rings (SSSR count). The number of amides is 1. The largest absolute Gasteiger partial charge is 0.376 e. The highest BCUT2D eigenvalue weighted by molar-refractivity contribution is 5.99. The van der Waals surface area contributed by atoms with Crippen LogP contribution in [0.5, 0.6) is 0 Å². The number of halogens is 2. The second-order valence-electron chi connectivity index (χ2n) is 5.92. The third kappa shape index (κ3) is 2.80. The molecule has 6 heteroatoms. The summed E-state index contributed by atoms with van der Waals surface area (Å²) < 4.78 is 27.3. The molecule has 1 N–H and O–H groups in total. The Labute approximate surface area is 143 Å². The highest BCUT2D eigenvalue weighted by Gasteiger charge is 2.23. The van der Waals surface area contributed by atoms with Gasteiger partial charge in [-0.05, 0) is 30.2 Å². The molecule has 2 aromatic carbocycles. The lowest BCUT2D eigenvalue weighted by Gasteiger charge is -2.18. The van der Waals surface area contributed by atoms with Crippen molar-refractivity contribution in [3.8, 4) is 0 Å². The molecule has 1 amide bonds. The molecule has 2 heterocycles. The van der Waals surface area contributed by atoms with Gasteiger partial charge in [-0.15, -0.1) is 0 Å². The summed E-state index contributed by atoms with van der Waals surface area (Å²) in [6.45, 7) is 0.672. The Morgan fingerprint density at radius 1 is 1.20 bits per heavy atom. The van der Waals surface area contributed by atoms with Crippen molar-refractivity contribution in [2.24, 2.45) is 0 Å². The Morgan fingerprint density at radius 2 is 2.04 bits per heavy atom. The molecule has 4 nitrogen and oxygen atoms in total. The molecular formula is C19H15F2N3O. The van der Waals surface area contributed by atoms with Crippen molar-refractivity contribution in [3.05, 3.63) is 65.9 Å². The SMILES string of the molecule is O=C(CNc1ccnc2c(F)cc(F)cc12)N1CCc2ccccc21. The number of fused-ring (bicyclic) bond motifs is 2. The molecule has 0 unspecified atom stereocenters. The first-order valence-electron chi connectivity index (χ1n) is 7.99. The van der Waals surface area contributed by atoms with E-state index in [0.29, 0.717) is 17.6 Å². The van der Waals surface area contributed by atoms with Crippen molar-refractivity contribution in [2.45, 2.75) is 6.42 Å². The van der Waals surface area contributed by atoms with E-state index in [0.717, 1.165) is 23.7 Å². The van der Waals surface area contributed by atoms with Gasteiger partial charge in [-0.1, -0.05) is 18.2 Å². The number of nitrogens with zero attached hydrogens (tertiary/aromatic N) is 2. The number of hydrogen-bond acceptors (Lipinski definition) is 3. The van der Waals surface area contributed by atoms with Crippen molar-refractivity contribution in [2.75, 3.05) is 23.3 Å². The quantitative estimate of drug-likeness (QED) is 0.794. The third-order valence-electron chi connectivity index (χ3n) is 4.38. The van der Waals surface area contributed by atoms with Gasteiger partial charge in [0.25, 0.3) is 0 Å². The minimum Gasteiger partial charge on any atom is -0.376 e. The summed E-state index contributed by atoms with van der Waals surface area (Å²) in [6, 6.07) is 11.4. The second kappa shape index (κ2) is 6.12. The maximum absolute atomic E-state index is 13.8. The van der Waals surface area contributed by atoms with E-state index in [1.807, 2.05) is 24.3 Å². The Balaban J connectivity index is 1.56. The molecule has 1 aromatic heterocycles. The predicted molar refractivity (Wildman–Crippen MR) is 92.6 cm³/mol. The van der Waals surface area contributed by atoms with Crippen LogP contribution in [0, 0.1) is 11.6 Å². The van der Waals surface area contributed by atoms with E-state index in [9.17, 15) is 13.6 Å². The smallest absolute Gasteiger partial charge is 0.246 e. The number of nitrogens with one attached hydrogen (secondary N) is 1. The number of carbonyl (C=O) groups excluding carboxylic acids is 1. The van der Waals surface area contributed by atoms with Crippen LogP contribution in [-0.4, -0.2) is 24.0 Å². The van der Waals surface area contributed by atoms with E-state index >= 15 is 0 Å². The van der Waals surface area contributed by atoms with Crippen molar-refractivity contribution < 1.29 is 13.6 Å². The molecule has 0 atom stereocenters. The number of pyridine rings is 1. The van der Waals surface area contributed by atoms with Crippen LogP contribution in [-0.2, 0) is 11.2 Å². The van der Waals surface area contributed by atoms with Crippen molar-refractivity contribution in [3.63, 3.8) is 0 Å². The van der Waals surface area contributed by atoms with Crippen LogP contribution in [0.1, 0.15) is 5.56 Å². The van der Waals surface area contributed by atoms with Crippen molar-refractivity contribution in [1.82, 2.24) is 4.98 Å². The zero-order valence-electron chi connectivity index (χ0n) is 13.3. The summed E-state index contributed by atoms with van der Waals surface area (Å²) >= 11 is 0. The molecular weight excluding hydrogens is 324 g/mol. The van der Waals surface area contributed by atoms with Crippen LogP contribution >= 0.6 is 0 Å². The van der Waals surface area contributed by atoms with E-state index in [1.165, 1.54) is 12.3 Å². The molecule has 25 heavy (non-hydrogen) atoms. The van der Waals surface area contributed by atoms with Gasteiger partial charge in [0.15, 0.2) is 5.82 Å². The summed E-state index contributed by atoms with van der Waals surface area (Å²) in [4.78, 5) is 18.2. The summed E-state index contributed by atoms with van der Waals surface area (Å²) in [6.07, 6.45) is 2.26. The first-order valence-corrected chi connectivity index (χ1v) is 7.99. The molecule has 0 bridgehead atoms. The lowest BCUT2D eigenvalue weighted by molar-refractivity contribution is -0.116. The first-order chi connectivity index (χ1) is 12.1. The van der Waals surface area contributed by atoms with Crippen LogP contribution in [0.3, 0.4) is 0 Å². The second-order valence-corrected chi connectivity index (χ2v) is 5.92. The van der Waals surface area contributed by atoms with E-state index in [4.69, 9.17) is 0 Å². The van der Waals surface area contributed by atoms with Crippen LogP contribution in [0.2, 0.25) is 0 Å². The van der Waals surface area contributed by atoms with E-state index in [2.05, 4.69) is 10.3 Å². The van der Waals surface area contributed by atoms with Crippen LogP contribution in [0.4, 0.5) is 20.2 Å². The molecule has 1 aliphatic heterocycles. The number of hydrogen-bond donors (Lipinski definition) is 1. The Bertz CT molecular complexity index is 974. The highest BCUT2D eigenvalue weighted by atomic mass is 19.1. The summed E-state index contributed by atoms with van der Waals surface area (Å²) in [5.74, 6) is -1.49. The Hall–Kier alpha value is -3.02. The average molecular weight is 339 g/mol. The Morgan fingerprint density at radius 3 is 2.92 bits per heavy atom. The van der Waals surface area contributed by atoms with E-state index < -0.39 is 11.6 Å². The zero-order valence-corrected chi connectivity index (χ0v) is 13.3. The number of rotatable bonds is 3. The van der Waals surface area contributed by atoms with Gasteiger partial charge in [-0.3, -0.25) is 9.78 Å². The molecule has 0 radical (unpaired) electrons. The normalized spacial score (nSPS) is 13.1. The zero-order chi connectivity index (χ0) is 17.4. The van der Waals surface area contributed by atoms with E-state index in [-0.39, 0.29) is 18.0 Å². The molecule has 3 aromatic rings. The lowest BCUT2D eigenvalue weighted by Crippen LogP contribution is -2.34. The van der Waals surface area contributed by atoms with Crippen LogP contribution in [0.15, 0.2) is 48.7 Å². The number of anilines is 2. The fourth-order valence-electron chi connectivity index (χ4n) is 3.20. The third-order valence-corrected chi connectivity index (χ3v) is 4.38. The summed E-state index contributed by atoms with van der Waals surface area (Å²) in [5.41, 5.74) is 2.62. The molecule has 0 saturated heterocycles. The fraction of sp³-hybridized carbons (Fsp3) is 0.158. The summed E-state index contributed by atoms with van der Waals surface area (Å²) in [7, 11) is 0. The topological polar surface area (TPSA) is 45.2 Å². The van der Waals surface area contributed by atoms with Gasteiger partial charge < -0.3 is 10.2 Å². The van der Waals surface area contributed by atoms with Gasteiger partial charge in [0.1, 0.15) is 11.3 Å². The molecule has 0 aliphatic carbocycles. The molecule has 126 valence electrons. The van der Waals surface area contributed by atoms with Gasteiger partial charge in [0.2, 0.25) is 5.91 Å². The standard InChI is InChI=1S/C19H15F2N3O/c20-13-9-14-16(5-7-22-19(14)15(21)10-13)23-11-18(25)24-8-6-12-3-1-2-4-17(12)24/h1-5,7,9-10H,6,8,11H2,(H,22,23). The lowest BCUT2D eigenvalue weighted by atomic mass is 10.1. The highest BCUT2D eigenvalue weighted by Crippen LogP contribution is 2.28. The van der Waals surface area contributed by atoms with Crippen LogP contribution in [0.25, 0.3) is 10.9 Å². The van der Waals surface area contributed by atoms with Crippen molar-refractivity contribution >= 4 is 28.2 Å². The minimum atomic E-state index is -0.724. The Kier molecular flexibility index (Phi) is 3.80. The van der Waals surface area contributed by atoms with Crippen molar-refractivity contribution in [1.29, 1.82) is 0 Å². The first kappa shape index (κ1) is 15.5. The minimum absolute atomic E-state index is 0.0333. The van der Waals surface area contributed by atoms with Crippen LogP contribution < -0.4 is 10.2 Å². The maximum atomic E-state index is 13.8. The maximum Gasteiger partial charge on any atom is 0.246 e. The van der Waals surface area contributed by atoms with Gasteiger partial charge in [-0.2, -0.15) is 0 Å². The molecule has 0 fully saturated rings. The average Bonchev–Trinajstić information content (AvgIpc) is 3.04. The fourth-order valence-corrected chi connectivity index (χ4v) is 3.20. The number of aromatic nitrogens is 1. The summed E-state index contributed by atoms with van der Waals surface area (Å²) in [5, 5.41) is 3.30. The number of benzene rings is 2. The van der Waals surface area contributed by atoms with Gasteiger partial charge in [0.05, 0.1) is 6.54 Å². The molecule has 1 aliphatic rings.